The van der Waals surface area contributed by atoms with Crippen molar-refractivity contribution in [1.29, 1.82) is 0 Å². The van der Waals surface area contributed by atoms with Crippen molar-refractivity contribution < 1.29 is 4.79 Å². The van der Waals surface area contributed by atoms with E-state index >= 15 is 0 Å². The first-order valence-electron chi connectivity index (χ1n) is 6.18. The number of hydrazine groups is 1. The molecule has 0 saturated heterocycles. The fourth-order valence-corrected chi connectivity index (χ4v) is 2.15. The van der Waals surface area contributed by atoms with Gasteiger partial charge in [-0.15, -0.1) is 0 Å². The maximum atomic E-state index is 12.4. The summed E-state index contributed by atoms with van der Waals surface area (Å²) in [5.74, 6) is 5.31. The second-order valence-corrected chi connectivity index (χ2v) is 4.85. The summed E-state index contributed by atoms with van der Waals surface area (Å²) in [7, 11) is 1.74. The average Bonchev–Trinajstić information content (AvgIpc) is 2.48. The lowest BCUT2D eigenvalue weighted by molar-refractivity contribution is 0.0786. The first-order chi connectivity index (χ1) is 9.63. The molecule has 0 heterocycles. The highest BCUT2D eigenvalue weighted by atomic mass is 35.5. The lowest BCUT2D eigenvalue weighted by atomic mass is 10.1. The third kappa shape index (κ3) is 3.10. The van der Waals surface area contributed by atoms with E-state index in [1.165, 1.54) is 0 Å². The Hall–Kier alpha value is -2.04. The van der Waals surface area contributed by atoms with Gasteiger partial charge in [0.25, 0.3) is 5.91 Å². The molecule has 4 nitrogen and oxygen atoms in total. The number of carbonyl (C=O) groups excluding carboxylic acids is 1. The zero-order valence-electron chi connectivity index (χ0n) is 11.1. The Balaban J connectivity index is 2.19. The minimum atomic E-state index is -0.113. The van der Waals surface area contributed by atoms with Gasteiger partial charge in [-0.2, -0.15) is 0 Å². The molecule has 0 unspecified atom stereocenters. The van der Waals surface area contributed by atoms with E-state index in [1.807, 2.05) is 30.3 Å². The number of nitrogens with two attached hydrogens (primary N) is 1. The molecule has 0 radical (unpaired) electrons. The summed E-state index contributed by atoms with van der Waals surface area (Å²) in [6.45, 7) is 0.442. The number of nitrogen functional groups attached to an aromatic ring is 1. The van der Waals surface area contributed by atoms with Crippen molar-refractivity contribution in [2.75, 3.05) is 12.5 Å². The summed E-state index contributed by atoms with van der Waals surface area (Å²) in [6, 6.07) is 14.6. The fraction of sp³-hybridized carbons (Fsp3) is 0.133. The maximum Gasteiger partial charge on any atom is 0.256 e. The molecule has 2 rings (SSSR count). The number of anilines is 1. The van der Waals surface area contributed by atoms with Crippen molar-refractivity contribution >= 4 is 23.2 Å². The van der Waals surface area contributed by atoms with E-state index in [9.17, 15) is 4.79 Å². The highest BCUT2D eigenvalue weighted by Gasteiger charge is 2.16. The summed E-state index contributed by atoms with van der Waals surface area (Å²) in [5, 5.41) is 0.650. The van der Waals surface area contributed by atoms with Crippen LogP contribution in [-0.4, -0.2) is 17.9 Å². The molecule has 0 aliphatic rings. The van der Waals surface area contributed by atoms with E-state index in [4.69, 9.17) is 17.4 Å². The topological polar surface area (TPSA) is 58.4 Å². The fourth-order valence-electron chi connectivity index (χ4n) is 1.96. The molecule has 0 atom stereocenters. The van der Waals surface area contributed by atoms with Gasteiger partial charge in [-0.3, -0.25) is 10.6 Å². The summed E-state index contributed by atoms with van der Waals surface area (Å²) >= 11 is 6.11. The van der Waals surface area contributed by atoms with Crippen LogP contribution < -0.4 is 11.3 Å². The van der Waals surface area contributed by atoms with Gasteiger partial charge >= 0.3 is 0 Å². The van der Waals surface area contributed by atoms with Crippen LogP contribution in [0.5, 0.6) is 0 Å². The van der Waals surface area contributed by atoms with E-state index in [0.29, 0.717) is 22.8 Å². The van der Waals surface area contributed by atoms with Crippen LogP contribution in [0.1, 0.15) is 15.9 Å². The van der Waals surface area contributed by atoms with Gasteiger partial charge in [0.2, 0.25) is 0 Å². The molecule has 5 heteroatoms. The molecule has 0 bridgehead atoms. The van der Waals surface area contributed by atoms with Crippen LogP contribution in [0.4, 0.5) is 5.69 Å². The monoisotopic (exact) mass is 289 g/mol. The van der Waals surface area contributed by atoms with Gasteiger partial charge in [0.15, 0.2) is 0 Å². The van der Waals surface area contributed by atoms with Gasteiger partial charge in [0, 0.05) is 18.6 Å². The van der Waals surface area contributed by atoms with Crippen molar-refractivity contribution in [2.24, 2.45) is 5.84 Å². The lowest BCUT2D eigenvalue weighted by Gasteiger charge is -2.19. The Morgan fingerprint density at radius 1 is 1.20 bits per heavy atom. The summed E-state index contributed by atoms with van der Waals surface area (Å²) < 4.78 is 0. The Morgan fingerprint density at radius 3 is 2.55 bits per heavy atom. The first-order valence-corrected chi connectivity index (χ1v) is 6.56. The number of nitrogens with zero attached hydrogens (tertiary/aromatic N) is 1. The molecule has 0 saturated carbocycles. The van der Waals surface area contributed by atoms with Crippen molar-refractivity contribution in [3.63, 3.8) is 0 Å². The molecule has 2 aromatic rings. The highest BCUT2D eigenvalue weighted by Crippen LogP contribution is 2.20. The van der Waals surface area contributed by atoms with Gasteiger partial charge < -0.3 is 10.3 Å². The number of hydrogen-bond donors (Lipinski definition) is 2. The molecular formula is C15H16ClN3O. The number of halogens is 1. The second kappa shape index (κ2) is 6.41. The van der Waals surface area contributed by atoms with Crippen molar-refractivity contribution in [3.05, 3.63) is 64.7 Å². The van der Waals surface area contributed by atoms with E-state index in [-0.39, 0.29) is 5.91 Å². The minimum Gasteiger partial charge on any atom is -0.337 e. The third-order valence-electron chi connectivity index (χ3n) is 3.03. The van der Waals surface area contributed by atoms with Gasteiger partial charge in [0.05, 0.1) is 11.3 Å². The summed E-state index contributed by atoms with van der Waals surface area (Å²) in [6.07, 6.45) is 0. The quantitative estimate of drug-likeness (QED) is 0.672. The van der Waals surface area contributed by atoms with E-state index in [1.54, 1.807) is 30.1 Å². The maximum absolute atomic E-state index is 12.4. The number of benzene rings is 2. The molecule has 3 N–H and O–H groups in total. The Morgan fingerprint density at radius 2 is 1.85 bits per heavy atom. The smallest absolute Gasteiger partial charge is 0.256 e. The van der Waals surface area contributed by atoms with Gasteiger partial charge in [0.1, 0.15) is 0 Å². The highest BCUT2D eigenvalue weighted by molar-refractivity contribution is 6.31. The molecule has 0 fully saturated rings. The number of nitrogens with one attached hydrogen (secondary N) is 1. The Kier molecular flexibility index (Phi) is 4.61. The molecule has 0 aromatic heterocycles. The Bertz CT molecular complexity index is 616. The van der Waals surface area contributed by atoms with Crippen LogP contribution >= 0.6 is 11.6 Å². The lowest BCUT2D eigenvalue weighted by Crippen LogP contribution is -2.27. The largest absolute Gasteiger partial charge is 0.337 e. The van der Waals surface area contributed by atoms with Crippen molar-refractivity contribution in [3.8, 4) is 0 Å². The molecule has 0 aliphatic heterocycles. The second-order valence-electron chi connectivity index (χ2n) is 4.44. The number of hydrogen-bond acceptors (Lipinski definition) is 3. The SMILES string of the molecule is CN(Cc1ccccc1Cl)C(=O)c1ccccc1NN. The first kappa shape index (κ1) is 14.4. The van der Waals surface area contributed by atoms with Crippen LogP contribution in [0.25, 0.3) is 0 Å². The van der Waals surface area contributed by atoms with Gasteiger partial charge in [-0.25, -0.2) is 0 Å². The van der Waals surface area contributed by atoms with Gasteiger partial charge in [-0.05, 0) is 23.8 Å². The molecule has 2 aromatic carbocycles. The van der Waals surface area contributed by atoms with E-state index < -0.39 is 0 Å². The summed E-state index contributed by atoms with van der Waals surface area (Å²) in [4.78, 5) is 14.0. The third-order valence-corrected chi connectivity index (χ3v) is 3.39. The van der Waals surface area contributed by atoms with Crippen LogP contribution in [0, 0.1) is 0 Å². The molecular weight excluding hydrogens is 274 g/mol. The zero-order valence-corrected chi connectivity index (χ0v) is 11.9. The van der Waals surface area contributed by atoms with Crippen LogP contribution in [0.3, 0.4) is 0 Å². The van der Waals surface area contributed by atoms with Gasteiger partial charge in [-0.1, -0.05) is 41.9 Å². The average molecular weight is 290 g/mol. The standard InChI is InChI=1S/C15H16ClN3O/c1-19(10-11-6-2-4-8-13(11)16)15(20)12-7-3-5-9-14(12)18-17/h2-9,18H,10,17H2,1H3. The van der Waals surface area contributed by atoms with E-state index in [0.717, 1.165) is 5.56 Å². The minimum absolute atomic E-state index is 0.113. The summed E-state index contributed by atoms with van der Waals surface area (Å²) in [5.41, 5.74) is 4.57. The van der Waals surface area contributed by atoms with Crippen LogP contribution in [-0.2, 0) is 6.54 Å². The van der Waals surface area contributed by atoms with Crippen LogP contribution in [0.15, 0.2) is 48.5 Å². The number of para-hydroxylation sites is 1. The predicted molar refractivity (Wildman–Crippen MR) is 81.5 cm³/mol. The van der Waals surface area contributed by atoms with Crippen LogP contribution in [0.2, 0.25) is 5.02 Å². The molecule has 0 spiro atoms. The number of rotatable bonds is 4. The Labute approximate surface area is 123 Å². The normalized spacial score (nSPS) is 10.2. The van der Waals surface area contributed by atoms with Crippen molar-refractivity contribution in [1.82, 2.24) is 4.90 Å². The molecule has 104 valence electrons. The number of carbonyl (C=O) groups is 1. The molecule has 1 amide bonds. The zero-order chi connectivity index (χ0) is 14.5. The number of amides is 1. The van der Waals surface area contributed by atoms with Crippen molar-refractivity contribution in [2.45, 2.75) is 6.54 Å². The predicted octanol–water partition coefficient (Wildman–Crippen LogP) is 2.90. The molecule has 0 aliphatic carbocycles. The van der Waals surface area contributed by atoms with E-state index in [2.05, 4.69) is 5.43 Å². The molecule has 20 heavy (non-hydrogen) atoms.